The molecule has 2 unspecified atom stereocenters. The van der Waals surface area contributed by atoms with Crippen molar-refractivity contribution in [3.05, 3.63) is 22.0 Å². The molecule has 0 saturated carbocycles. The maximum absolute atomic E-state index is 2.41. The molecule has 0 rings (SSSR count). The van der Waals surface area contributed by atoms with Crippen LogP contribution >= 0.6 is 45.1 Å². The number of rotatable bonds is 11. The van der Waals surface area contributed by atoms with Crippen LogP contribution in [0.3, 0.4) is 0 Å². The lowest BCUT2D eigenvalue weighted by Crippen LogP contribution is -1.94. The van der Waals surface area contributed by atoms with Crippen LogP contribution in [0.15, 0.2) is 22.0 Å². The summed E-state index contributed by atoms with van der Waals surface area (Å²) in [5, 5.41) is 0. The molecule has 0 heterocycles. The number of thioether (sulfide) groups is 2. The van der Waals surface area contributed by atoms with Crippen LogP contribution in [0, 0.1) is 11.8 Å². The first-order valence-corrected chi connectivity index (χ1v) is 12.3. The average Bonchev–Trinajstić information content (AvgIpc) is 2.48. The molecule has 0 radical (unpaired) electrons. The van der Waals surface area contributed by atoms with Gasteiger partial charge in [0.1, 0.15) is 0 Å². The van der Waals surface area contributed by atoms with Gasteiger partial charge in [-0.25, -0.2) is 0 Å². The Morgan fingerprint density at radius 1 is 0.800 bits per heavy atom. The Labute approximate surface area is 143 Å². The second kappa shape index (κ2) is 13.5. The van der Waals surface area contributed by atoms with Crippen molar-refractivity contribution in [2.45, 2.75) is 40.5 Å². The van der Waals surface area contributed by atoms with Crippen molar-refractivity contribution < 1.29 is 0 Å². The van der Waals surface area contributed by atoms with Crippen LogP contribution in [0.5, 0.6) is 0 Å². The van der Waals surface area contributed by atoms with Crippen LogP contribution in [0.4, 0.5) is 0 Å². The van der Waals surface area contributed by atoms with E-state index >= 15 is 0 Å². The second-order valence-corrected chi connectivity index (χ2v) is 9.12. The van der Waals surface area contributed by atoms with Gasteiger partial charge in [-0.15, -0.1) is 23.5 Å². The van der Waals surface area contributed by atoms with Gasteiger partial charge >= 0.3 is 0 Å². The molecule has 0 aliphatic carbocycles. The molecular weight excluding hydrogens is 320 g/mol. The lowest BCUT2D eigenvalue weighted by Gasteiger charge is -2.11. The van der Waals surface area contributed by atoms with Crippen molar-refractivity contribution in [2.75, 3.05) is 24.0 Å². The first-order valence-electron chi connectivity index (χ1n) is 7.33. The molecule has 0 aromatic rings. The van der Waals surface area contributed by atoms with Crippen LogP contribution in [-0.4, -0.2) is 24.0 Å². The highest BCUT2D eigenvalue weighted by molar-refractivity contribution is 8.76. The van der Waals surface area contributed by atoms with Gasteiger partial charge in [0.15, 0.2) is 0 Å². The lowest BCUT2D eigenvalue weighted by atomic mass is 10.1. The van der Waals surface area contributed by atoms with Crippen LogP contribution < -0.4 is 0 Å². The van der Waals surface area contributed by atoms with Gasteiger partial charge in [-0.05, 0) is 47.0 Å². The molecule has 0 bridgehead atoms. The quantitative estimate of drug-likeness (QED) is 0.292. The molecule has 118 valence electrons. The van der Waals surface area contributed by atoms with Gasteiger partial charge in [-0.3, -0.25) is 0 Å². The second-order valence-electron chi connectivity index (χ2n) is 4.81. The Morgan fingerprint density at radius 2 is 1.15 bits per heavy atom. The fraction of sp³-hybridized carbons (Fsp3) is 0.750. The van der Waals surface area contributed by atoms with Gasteiger partial charge in [0.2, 0.25) is 0 Å². The minimum absolute atomic E-state index is 0.712. The fourth-order valence-corrected chi connectivity index (χ4v) is 5.22. The minimum Gasteiger partial charge on any atom is -0.134 e. The van der Waals surface area contributed by atoms with E-state index in [1.54, 1.807) is 9.81 Å². The van der Waals surface area contributed by atoms with Crippen molar-refractivity contribution in [1.29, 1.82) is 0 Å². The van der Waals surface area contributed by atoms with E-state index in [1.807, 2.05) is 45.1 Å². The predicted molar refractivity (Wildman–Crippen MR) is 107 cm³/mol. The molecule has 0 spiro atoms. The third-order valence-corrected chi connectivity index (χ3v) is 7.63. The normalized spacial score (nSPS) is 16.3. The van der Waals surface area contributed by atoms with E-state index in [0.29, 0.717) is 11.8 Å². The Hall–Kier alpha value is 0.880. The third kappa shape index (κ3) is 9.01. The zero-order valence-corrected chi connectivity index (χ0v) is 17.0. The molecule has 0 saturated heterocycles. The Balaban J connectivity index is 4.02. The summed E-state index contributed by atoms with van der Waals surface area (Å²) in [6, 6.07) is 0. The Kier molecular flexibility index (Phi) is 14.1. The van der Waals surface area contributed by atoms with Crippen molar-refractivity contribution in [2.24, 2.45) is 11.8 Å². The van der Waals surface area contributed by atoms with Gasteiger partial charge in [0, 0.05) is 11.5 Å². The van der Waals surface area contributed by atoms with Gasteiger partial charge in [-0.2, -0.15) is 0 Å². The van der Waals surface area contributed by atoms with E-state index in [1.165, 1.54) is 12.8 Å². The summed E-state index contributed by atoms with van der Waals surface area (Å²) in [5.41, 5.74) is 0. The van der Waals surface area contributed by atoms with Gasteiger partial charge < -0.3 is 0 Å². The molecule has 0 N–H and O–H groups in total. The number of allylic oxidation sites excluding steroid dienone is 2. The maximum atomic E-state index is 2.41. The molecule has 0 aliphatic heterocycles. The van der Waals surface area contributed by atoms with E-state index in [-0.39, 0.29) is 0 Å². The number of hydrogen-bond acceptors (Lipinski definition) is 4. The molecule has 0 aromatic heterocycles. The summed E-state index contributed by atoms with van der Waals surface area (Å²) in [7, 11) is 3.94. The highest BCUT2D eigenvalue weighted by Crippen LogP contribution is 2.29. The average molecular weight is 351 g/mol. The maximum Gasteiger partial charge on any atom is 0.0228 e. The standard InChI is InChI=1S/C16H30S4/c1-7-13(3)15(17-5)9-11-19-20-12-10-16(18-6)14(4)8-2/h9-10,13-14H,7-8,11-12H2,1-6H3. The zero-order chi connectivity index (χ0) is 15.4. The summed E-state index contributed by atoms with van der Waals surface area (Å²) in [6.07, 6.45) is 11.7. The van der Waals surface area contributed by atoms with Gasteiger partial charge in [0.25, 0.3) is 0 Å². The molecule has 0 fully saturated rings. The number of hydrogen-bond donors (Lipinski definition) is 0. The first-order chi connectivity index (χ1) is 9.60. The van der Waals surface area contributed by atoms with Crippen LogP contribution in [0.1, 0.15) is 40.5 Å². The largest absolute Gasteiger partial charge is 0.134 e. The zero-order valence-electron chi connectivity index (χ0n) is 13.8. The molecule has 4 heteroatoms. The predicted octanol–water partition coefficient (Wildman–Crippen LogP) is 6.95. The third-order valence-electron chi connectivity index (χ3n) is 3.46. The Bertz CT molecular complexity index is 267. The summed E-state index contributed by atoms with van der Waals surface area (Å²) < 4.78 is 0. The highest BCUT2D eigenvalue weighted by Gasteiger charge is 2.05. The van der Waals surface area contributed by atoms with Crippen molar-refractivity contribution in [1.82, 2.24) is 0 Å². The summed E-state index contributed by atoms with van der Waals surface area (Å²) in [4.78, 5) is 3.08. The smallest absolute Gasteiger partial charge is 0.0228 e. The molecular formula is C16H30S4. The topological polar surface area (TPSA) is 0 Å². The Morgan fingerprint density at radius 3 is 1.40 bits per heavy atom. The van der Waals surface area contributed by atoms with Crippen LogP contribution in [0.25, 0.3) is 0 Å². The van der Waals surface area contributed by atoms with E-state index in [2.05, 4.69) is 52.4 Å². The van der Waals surface area contributed by atoms with Crippen molar-refractivity contribution in [3.8, 4) is 0 Å². The van der Waals surface area contributed by atoms with Crippen molar-refractivity contribution in [3.63, 3.8) is 0 Å². The summed E-state index contributed by atoms with van der Waals surface area (Å²) >= 11 is 3.81. The molecule has 2 atom stereocenters. The van der Waals surface area contributed by atoms with Crippen LogP contribution in [0.2, 0.25) is 0 Å². The van der Waals surface area contributed by atoms with E-state index in [9.17, 15) is 0 Å². The monoisotopic (exact) mass is 350 g/mol. The van der Waals surface area contributed by atoms with Gasteiger partial charge in [0.05, 0.1) is 0 Å². The van der Waals surface area contributed by atoms with E-state index in [4.69, 9.17) is 0 Å². The lowest BCUT2D eigenvalue weighted by molar-refractivity contribution is 0.687. The van der Waals surface area contributed by atoms with Crippen molar-refractivity contribution >= 4 is 45.1 Å². The fourth-order valence-electron chi connectivity index (χ4n) is 1.70. The van der Waals surface area contributed by atoms with E-state index < -0.39 is 0 Å². The first kappa shape index (κ1) is 20.9. The SMILES string of the molecule is CCC(C)C(=CCSSCC=C(SC)C(C)CC)SC. The summed E-state index contributed by atoms with van der Waals surface area (Å²) in [5.74, 6) is 3.67. The molecule has 0 aliphatic rings. The highest BCUT2D eigenvalue weighted by atomic mass is 33.1. The molecule has 0 nitrogen and oxygen atoms in total. The molecule has 0 amide bonds. The molecule has 20 heavy (non-hydrogen) atoms. The van der Waals surface area contributed by atoms with Crippen LogP contribution in [-0.2, 0) is 0 Å². The minimum atomic E-state index is 0.712. The van der Waals surface area contributed by atoms with Gasteiger partial charge in [-0.1, -0.05) is 61.4 Å². The van der Waals surface area contributed by atoms with E-state index in [0.717, 1.165) is 11.5 Å². The summed E-state index contributed by atoms with van der Waals surface area (Å²) in [6.45, 7) is 9.17. The molecule has 0 aromatic carbocycles.